The highest BCUT2D eigenvalue weighted by Gasteiger charge is 2.41. The van der Waals surface area contributed by atoms with Gasteiger partial charge in [0.25, 0.3) is 5.91 Å². The minimum Gasteiger partial charge on any atom is -0.294 e. The molecule has 0 saturated heterocycles. The average molecular weight is 315 g/mol. The summed E-state index contributed by atoms with van der Waals surface area (Å²) in [7, 11) is 0. The lowest BCUT2D eigenvalue weighted by atomic mass is 9.60. The van der Waals surface area contributed by atoms with E-state index in [1.807, 2.05) is 6.07 Å². The molecule has 3 aliphatic rings. The van der Waals surface area contributed by atoms with Gasteiger partial charge in [-0.15, -0.1) is 0 Å². The van der Waals surface area contributed by atoms with Crippen molar-refractivity contribution in [3.05, 3.63) is 29.1 Å². The first-order valence-electron chi connectivity index (χ1n) is 8.85. The molecule has 1 aromatic rings. The first kappa shape index (κ1) is 15.1. The molecule has 0 bridgehead atoms. The number of hydroxylamine groups is 1. The summed E-state index contributed by atoms with van der Waals surface area (Å²) in [6.45, 7) is 1.95. The topological polar surface area (TPSA) is 65.5 Å². The van der Waals surface area contributed by atoms with Crippen molar-refractivity contribution in [1.29, 1.82) is 0 Å². The monoisotopic (exact) mass is 315 g/mol. The van der Waals surface area contributed by atoms with Crippen LogP contribution in [-0.4, -0.2) is 33.6 Å². The quantitative estimate of drug-likeness (QED) is 0.650. The van der Waals surface area contributed by atoms with E-state index in [1.54, 1.807) is 11.7 Å². The molecule has 0 radical (unpaired) electrons. The number of nitrogens with one attached hydrogen (secondary N) is 1. The zero-order chi connectivity index (χ0) is 15.9. The highest BCUT2D eigenvalue weighted by molar-refractivity contribution is 5.93. The number of carbonyl (C=O) groups excluding carboxylic acids is 1. The molecule has 2 fully saturated rings. The summed E-state index contributed by atoms with van der Waals surface area (Å²) in [5.74, 6) is -0.485. The van der Waals surface area contributed by atoms with E-state index in [4.69, 9.17) is 5.21 Å². The van der Waals surface area contributed by atoms with Crippen LogP contribution in [-0.2, 0) is 13.0 Å². The number of pyridine rings is 1. The van der Waals surface area contributed by atoms with Crippen LogP contribution in [0.25, 0.3) is 0 Å². The van der Waals surface area contributed by atoms with E-state index in [0.29, 0.717) is 11.6 Å². The predicted octanol–water partition coefficient (Wildman–Crippen LogP) is 2.67. The Hall–Kier alpha value is -1.46. The van der Waals surface area contributed by atoms with Gasteiger partial charge < -0.3 is 0 Å². The number of aromatic nitrogens is 1. The number of hydrogen-bond acceptors (Lipinski definition) is 4. The van der Waals surface area contributed by atoms with Gasteiger partial charge in [-0.25, -0.2) is 5.48 Å². The number of carbonyl (C=O) groups is 1. The first-order valence-corrected chi connectivity index (χ1v) is 8.85. The molecule has 2 heterocycles. The summed E-state index contributed by atoms with van der Waals surface area (Å²) in [5, 5.41) is 8.74. The highest BCUT2D eigenvalue weighted by atomic mass is 16.5. The SMILES string of the molecule is O=C(NO)c1cnc2c(c1)CCN(C1CCC3(CCC3)CC1)C2. The van der Waals surface area contributed by atoms with Crippen LogP contribution in [0, 0.1) is 5.41 Å². The summed E-state index contributed by atoms with van der Waals surface area (Å²) in [6.07, 6.45) is 12.3. The number of rotatable bonds is 2. The Kier molecular flexibility index (Phi) is 3.85. The van der Waals surface area contributed by atoms with Gasteiger partial charge in [0, 0.05) is 25.3 Å². The summed E-state index contributed by atoms with van der Waals surface area (Å²) in [5.41, 5.74) is 5.07. The zero-order valence-electron chi connectivity index (χ0n) is 13.6. The minimum absolute atomic E-state index is 0.435. The van der Waals surface area contributed by atoms with Gasteiger partial charge in [-0.05, 0) is 62.0 Å². The Morgan fingerprint density at radius 1 is 1.30 bits per heavy atom. The summed E-state index contributed by atoms with van der Waals surface area (Å²) in [4.78, 5) is 18.6. The lowest BCUT2D eigenvalue weighted by Gasteiger charge is -2.49. The molecule has 1 aliphatic heterocycles. The van der Waals surface area contributed by atoms with Crippen molar-refractivity contribution in [2.75, 3.05) is 6.54 Å². The Bertz CT molecular complexity index is 602. The van der Waals surface area contributed by atoms with Gasteiger partial charge in [0.2, 0.25) is 0 Å². The highest BCUT2D eigenvalue weighted by Crippen LogP contribution is 2.52. The third-order valence-corrected chi connectivity index (χ3v) is 6.39. The fraction of sp³-hybridized carbons (Fsp3) is 0.667. The largest absolute Gasteiger partial charge is 0.294 e. The fourth-order valence-corrected chi connectivity index (χ4v) is 4.69. The molecule has 2 N–H and O–H groups in total. The predicted molar refractivity (Wildman–Crippen MR) is 86.1 cm³/mol. The van der Waals surface area contributed by atoms with E-state index in [9.17, 15) is 4.79 Å². The van der Waals surface area contributed by atoms with Gasteiger partial charge >= 0.3 is 0 Å². The van der Waals surface area contributed by atoms with Crippen molar-refractivity contribution in [2.45, 2.75) is 64.0 Å². The second-order valence-corrected chi connectivity index (χ2v) is 7.58. The van der Waals surface area contributed by atoms with Gasteiger partial charge in [-0.2, -0.15) is 0 Å². The lowest BCUT2D eigenvalue weighted by molar-refractivity contribution is 0.0260. The molecule has 2 aliphatic carbocycles. The Morgan fingerprint density at radius 2 is 2.09 bits per heavy atom. The molecule has 1 aromatic heterocycles. The zero-order valence-corrected chi connectivity index (χ0v) is 13.6. The van der Waals surface area contributed by atoms with Gasteiger partial charge in [0.1, 0.15) is 0 Å². The Labute approximate surface area is 137 Å². The van der Waals surface area contributed by atoms with Crippen molar-refractivity contribution in [3.63, 3.8) is 0 Å². The van der Waals surface area contributed by atoms with E-state index in [1.165, 1.54) is 44.9 Å². The minimum atomic E-state index is -0.485. The van der Waals surface area contributed by atoms with Crippen molar-refractivity contribution >= 4 is 5.91 Å². The van der Waals surface area contributed by atoms with Gasteiger partial charge in [-0.1, -0.05) is 6.42 Å². The molecule has 0 aromatic carbocycles. The lowest BCUT2D eigenvalue weighted by Crippen LogP contribution is -2.45. The molecular weight excluding hydrogens is 290 g/mol. The third-order valence-electron chi connectivity index (χ3n) is 6.39. The van der Waals surface area contributed by atoms with Crippen molar-refractivity contribution < 1.29 is 10.0 Å². The van der Waals surface area contributed by atoms with Crippen LogP contribution in [0.2, 0.25) is 0 Å². The van der Waals surface area contributed by atoms with Crippen molar-refractivity contribution in [3.8, 4) is 0 Å². The molecule has 5 nitrogen and oxygen atoms in total. The Morgan fingerprint density at radius 3 is 2.74 bits per heavy atom. The van der Waals surface area contributed by atoms with Crippen molar-refractivity contribution in [2.24, 2.45) is 5.41 Å². The molecule has 1 amide bonds. The second-order valence-electron chi connectivity index (χ2n) is 7.58. The molecule has 23 heavy (non-hydrogen) atoms. The normalized spacial score (nSPS) is 24.0. The maximum atomic E-state index is 11.5. The average Bonchev–Trinajstić information content (AvgIpc) is 2.59. The summed E-state index contributed by atoms with van der Waals surface area (Å²) >= 11 is 0. The van der Waals surface area contributed by atoms with Crippen LogP contribution in [0.15, 0.2) is 12.3 Å². The standard InChI is InChI=1S/C18H25N3O2/c22-17(20-23)14-10-13-4-9-21(12-16(13)19-11-14)15-2-7-18(8-3-15)5-1-6-18/h10-11,15,23H,1-9,12H2,(H,20,22). The Balaban J connectivity index is 1.42. The van der Waals surface area contributed by atoms with Gasteiger partial charge in [-0.3, -0.25) is 19.9 Å². The molecule has 0 atom stereocenters. The molecule has 5 heteroatoms. The van der Waals surface area contributed by atoms with Crippen molar-refractivity contribution in [1.82, 2.24) is 15.4 Å². The molecule has 124 valence electrons. The third kappa shape index (κ3) is 2.76. The van der Waals surface area contributed by atoms with E-state index in [2.05, 4.69) is 9.88 Å². The van der Waals surface area contributed by atoms with E-state index >= 15 is 0 Å². The molecule has 2 saturated carbocycles. The van der Waals surface area contributed by atoms with Gasteiger partial charge in [0.15, 0.2) is 0 Å². The first-order chi connectivity index (χ1) is 11.2. The van der Waals surface area contributed by atoms with E-state index < -0.39 is 5.91 Å². The molecule has 4 rings (SSSR count). The molecular formula is C18H25N3O2. The smallest absolute Gasteiger partial charge is 0.276 e. The number of fused-ring (bicyclic) bond motifs is 1. The summed E-state index contributed by atoms with van der Waals surface area (Å²) < 4.78 is 0. The second kappa shape index (κ2) is 5.87. The summed E-state index contributed by atoms with van der Waals surface area (Å²) in [6, 6.07) is 2.58. The fourth-order valence-electron chi connectivity index (χ4n) is 4.69. The molecule has 1 spiro atoms. The van der Waals surface area contributed by atoms with Gasteiger partial charge in [0.05, 0.1) is 11.3 Å². The van der Waals surface area contributed by atoms with Crippen LogP contribution < -0.4 is 5.48 Å². The van der Waals surface area contributed by atoms with Crippen LogP contribution >= 0.6 is 0 Å². The number of hydrogen-bond donors (Lipinski definition) is 2. The number of amides is 1. The van der Waals surface area contributed by atoms with Crippen LogP contribution in [0.4, 0.5) is 0 Å². The maximum absolute atomic E-state index is 11.5. The van der Waals surface area contributed by atoms with Crippen LogP contribution in [0.5, 0.6) is 0 Å². The maximum Gasteiger partial charge on any atom is 0.276 e. The van der Waals surface area contributed by atoms with Crippen LogP contribution in [0.1, 0.15) is 66.6 Å². The molecule has 0 unspecified atom stereocenters. The van der Waals surface area contributed by atoms with E-state index in [0.717, 1.165) is 36.2 Å². The number of nitrogens with zero attached hydrogens (tertiary/aromatic N) is 2. The van der Waals surface area contributed by atoms with Crippen LogP contribution in [0.3, 0.4) is 0 Å². The van der Waals surface area contributed by atoms with E-state index in [-0.39, 0.29) is 0 Å².